The lowest BCUT2D eigenvalue weighted by atomic mass is 10.1. The van der Waals surface area contributed by atoms with Crippen molar-refractivity contribution in [3.8, 4) is 0 Å². The van der Waals surface area contributed by atoms with E-state index in [1.165, 1.54) is 15.7 Å². The van der Waals surface area contributed by atoms with Gasteiger partial charge in [0.1, 0.15) is 0 Å². The number of hydrogen-bond acceptors (Lipinski definition) is 3. The van der Waals surface area contributed by atoms with Crippen molar-refractivity contribution in [1.29, 1.82) is 0 Å². The number of carbonyl (C=O) groups excluding carboxylic acids is 1. The molecule has 1 aromatic carbocycles. The van der Waals surface area contributed by atoms with Crippen LogP contribution in [0.15, 0.2) is 22.7 Å². The Morgan fingerprint density at radius 1 is 1.44 bits per heavy atom. The normalized spacial score (nSPS) is 22.7. The van der Waals surface area contributed by atoms with Gasteiger partial charge in [0.25, 0.3) is 0 Å². The number of hydrogen-bond donors (Lipinski definition) is 1. The number of primary amides is 1. The van der Waals surface area contributed by atoms with Gasteiger partial charge in [0.15, 0.2) is 0 Å². The maximum atomic E-state index is 11.0. The van der Waals surface area contributed by atoms with Gasteiger partial charge in [-0.2, -0.15) is 0 Å². The summed E-state index contributed by atoms with van der Waals surface area (Å²) in [6, 6.07) is 6.84. The van der Waals surface area contributed by atoms with Gasteiger partial charge in [0, 0.05) is 35.8 Å². The minimum Gasteiger partial charge on any atom is -0.369 e. The van der Waals surface area contributed by atoms with Crippen LogP contribution in [0.1, 0.15) is 5.56 Å². The standard InChI is InChI=1S/C13H16BrN3O/c14-11-2-1-3-12-10(11)6-9-7-16(8-13(15)18)4-5-17(9)12/h1-3,9H,4-8H2,(H2,15,18). The van der Waals surface area contributed by atoms with Crippen molar-refractivity contribution in [3.05, 3.63) is 28.2 Å². The van der Waals surface area contributed by atoms with Crippen LogP contribution < -0.4 is 10.6 Å². The SMILES string of the molecule is NC(=O)CN1CCN2c3cccc(Br)c3CC2C1. The predicted octanol–water partition coefficient (Wildman–Crippen LogP) is 0.981. The fraction of sp³-hybridized carbons (Fsp3) is 0.462. The number of benzene rings is 1. The molecular formula is C13H16BrN3O. The van der Waals surface area contributed by atoms with Crippen molar-refractivity contribution >= 4 is 27.5 Å². The molecule has 0 bridgehead atoms. The topological polar surface area (TPSA) is 49.6 Å². The molecule has 2 N–H and O–H groups in total. The number of nitrogens with zero attached hydrogens (tertiary/aromatic N) is 2. The summed E-state index contributed by atoms with van der Waals surface area (Å²) < 4.78 is 1.19. The summed E-state index contributed by atoms with van der Waals surface area (Å²) in [6.45, 7) is 3.18. The molecule has 0 aliphatic carbocycles. The maximum Gasteiger partial charge on any atom is 0.231 e. The van der Waals surface area contributed by atoms with E-state index in [0.29, 0.717) is 12.6 Å². The third kappa shape index (κ3) is 2.01. The molecule has 0 radical (unpaired) electrons. The predicted molar refractivity (Wildman–Crippen MR) is 74.6 cm³/mol. The number of fused-ring (bicyclic) bond motifs is 3. The summed E-state index contributed by atoms with van der Waals surface area (Å²) in [5, 5.41) is 0. The Morgan fingerprint density at radius 2 is 2.28 bits per heavy atom. The molecule has 0 aromatic heterocycles. The van der Waals surface area contributed by atoms with E-state index >= 15 is 0 Å². The minimum atomic E-state index is -0.236. The Balaban J connectivity index is 1.79. The zero-order valence-electron chi connectivity index (χ0n) is 10.1. The monoisotopic (exact) mass is 309 g/mol. The average Bonchev–Trinajstić information content (AvgIpc) is 2.67. The van der Waals surface area contributed by atoms with Crippen LogP contribution in [-0.2, 0) is 11.2 Å². The molecule has 0 spiro atoms. The fourth-order valence-electron chi connectivity index (χ4n) is 3.03. The summed E-state index contributed by atoms with van der Waals surface area (Å²) >= 11 is 3.62. The van der Waals surface area contributed by atoms with Gasteiger partial charge >= 0.3 is 0 Å². The van der Waals surface area contributed by atoms with Crippen molar-refractivity contribution < 1.29 is 4.79 Å². The van der Waals surface area contributed by atoms with E-state index in [9.17, 15) is 4.79 Å². The van der Waals surface area contributed by atoms with E-state index in [-0.39, 0.29) is 5.91 Å². The van der Waals surface area contributed by atoms with Gasteiger partial charge in [-0.3, -0.25) is 9.69 Å². The molecule has 0 saturated carbocycles. The average molecular weight is 310 g/mol. The van der Waals surface area contributed by atoms with Gasteiger partial charge < -0.3 is 10.6 Å². The van der Waals surface area contributed by atoms with E-state index in [1.807, 2.05) is 0 Å². The van der Waals surface area contributed by atoms with Gasteiger partial charge in [0.2, 0.25) is 5.91 Å². The smallest absolute Gasteiger partial charge is 0.231 e. The van der Waals surface area contributed by atoms with Gasteiger partial charge in [-0.15, -0.1) is 0 Å². The Labute approximate surface area is 115 Å². The van der Waals surface area contributed by atoms with Crippen LogP contribution >= 0.6 is 15.9 Å². The Kier molecular flexibility index (Phi) is 3.03. The molecule has 96 valence electrons. The second-order valence-corrected chi connectivity index (χ2v) is 5.84. The third-order valence-electron chi connectivity index (χ3n) is 3.79. The molecule has 2 aliphatic heterocycles. The van der Waals surface area contributed by atoms with E-state index < -0.39 is 0 Å². The number of rotatable bonds is 2. The number of nitrogens with two attached hydrogens (primary N) is 1. The Morgan fingerprint density at radius 3 is 3.06 bits per heavy atom. The highest BCUT2D eigenvalue weighted by molar-refractivity contribution is 9.10. The molecule has 1 saturated heterocycles. The lowest BCUT2D eigenvalue weighted by Gasteiger charge is -2.38. The molecule has 1 unspecified atom stereocenters. The number of amides is 1. The van der Waals surface area contributed by atoms with E-state index in [0.717, 1.165) is 26.1 Å². The van der Waals surface area contributed by atoms with Crippen molar-refractivity contribution in [3.63, 3.8) is 0 Å². The first kappa shape index (κ1) is 12.0. The van der Waals surface area contributed by atoms with Crippen LogP contribution in [0.5, 0.6) is 0 Å². The first-order chi connectivity index (χ1) is 8.65. The highest BCUT2D eigenvalue weighted by Gasteiger charge is 2.35. The van der Waals surface area contributed by atoms with E-state index in [1.54, 1.807) is 0 Å². The van der Waals surface area contributed by atoms with Crippen molar-refractivity contribution in [2.24, 2.45) is 5.73 Å². The molecule has 4 nitrogen and oxygen atoms in total. The minimum absolute atomic E-state index is 0.236. The second-order valence-electron chi connectivity index (χ2n) is 4.99. The van der Waals surface area contributed by atoms with Gasteiger partial charge in [-0.05, 0) is 24.1 Å². The van der Waals surface area contributed by atoms with Crippen LogP contribution in [0.4, 0.5) is 5.69 Å². The molecule has 1 fully saturated rings. The number of piperazine rings is 1. The Bertz CT molecular complexity index is 491. The zero-order valence-corrected chi connectivity index (χ0v) is 11.7. The van der Waals surface area contributed by atoms with Crippen LogP contribution in [0.25, 0.3) is 0 Å². The van der Waals surface area contributed by atoms with E-state index in [2.05, 4.69) is 43.9 Å². The molecule has 3 rings (SSSR count). The third-order valence-corrected chi connectivity index (χ3v) is 4.53. The summed E-state index contributed by atoms with van der Waals surface area (Å²) in [4.78, 5) is 15.6. The highest BCUT2D eigenvalue weighted by atomic mass is 79.9. The summed E-state index contributed by atoms with van der Waals surface area (Å²) in [5.41, 5.74) is 8.00. The van der Waals surface area contributed by atoms with Crippen molar-refractivity contribution in [2.75, 3.05) is 31.1 Å². The van der Waals surface area contributed by atoms with Crippen LogP contribution in [-0.4, -0.2) is 43.0 Å². The number of carbonyl (C=O) groups is 1. The number of halogens is 1. The van der Waals surface area contributed by atoms with Crippen molar-refractivity contribution in [1.82, 2.24) is 4.90 Å². The molecule has 1 amide bonds. The summed E-state index contributed by atoms with van der Waals surface area (Å²) in [5.74, 6) is -0.236. The van der Waals surface area contributed by atoms with Crippen LogP contribution in [0.3, 0.4) is 0 Å². The molecule has 18 heavy (non-hydrogen) atoms. The quantitative estimate of drug-likeness (QED) is 0.886. The lowest BCUT2D eigenvalue weighted by molar-refractivity contribution is -0.119. The maximum absolute atomic E-state index is 11.0. The largest absolute Gasteiger partial charge is 0.369 e. The van der Waals surface area contributed by atoms with E-state index in [4.69, 9.17) is 5.73 Å². The zero-order chi connectivity index (χ0) is 12.7. The summed E-state index contributed by atoms with van der Waals surface area (Å²) in [6.07, 6.45) is 1.05. The molecule has 5 heteroatoms. The molecular weight excluding hydrogens is 294 g/mol. The second kappa shape index (κ2) is 4.55. The van der Waals surface area contributed by atoms with Crippen LogP contribution in [0.2, 0.25) is 0 Å². The summed E-state index contributed by atoms with van der Waals surface area (Å²) in [7, 11) is 0. The first-order valence-corrected chi connectivity index (χ1v) is 6.99. The van der Waals surface area contributed by atoms with Gasteiger partial charge in [0.05, 0.1) is 6.54 Å². The highest BCUT2D eigenvalue weighted by Crippen LogP contribution is 2.38. The van der Waals surface area contributed by atoms with Crippen molar-refractivity contribution in [2.45, 2.75) is 12.5 Å². The first-order valence-electron chi connectivity index (χ1n) is 6.20. The molecule has 2 aliphatic rings. The lowest BCUT2D eigenvalue weighted by Crippen LogP contribution is -2.53. The van der Waals surface area contributed by atoms with Crippen LogP contribution in [0, 0.1) is 0 Å². The van der Waals surface area contributed by atoms with Gasteiger partial charge in [-0.1, -0.05) is 22.0 Å². The molecule has 1 atom stereocenters. The molecule has 2 heterocycles. The van der Waals surface area contributed by atoms with Gasteiger partial charge in [-0.25, -0.2) is 0 Å². The molecule has 1 aromatic rings. The number of anilines is 1. The Hall–Kier alpha value is -1.07. The fourth-order valence-corrected chi connectivity index (χ4v) is 3.55.